The molecule has 0 radical (unpaired) electrons. The molecule has 0 aromatic carbocycles. The van der Waals surface area contributed by atoms with Crippen molar-refractivity contribution in [1.82, 2.24) is 9.62 Å². The zero-order valence-electron chi connectivity index (χ0n) is 13.0. The zero-order chi connectivity index (χ0) is 14.6. The minimum Gasteiger partial charge on any atom is -0.314 e. The summed E-state index contributed by atoms with van der Waals surface area (Å²) in [6.45, 7) is 5.72. The normalized spacial score (nSPS) is 28.6. The Kier molecular flexibility index (Phi) is 5.87. The van der Waals surface area contributed by atoms with E-state index in [1.54, 1.807) is 0 Å². The predicted octanol–water partition coefficient (Wildman–Crippen LogP) is 2.36. The molecule has 1 heterocycles. The summed E-state index contributed by atoms with van der Waals surface area (Å²) in [7, 11) is -3.06. The number of piperidine rings is 1. The number of nitrogens with zero attached hydrogens (tertiary/aromatic N) is 1. The van der Waals surface area contributed by atoms with Gasteiger partial charge in [0.05, 0.1) is 5.75 Å². The molecule has 2 unspecified atom stereocenters. The van der Waals surface area contributed by atoms with Crippen LogP contribution in [-0.4, -0.2) is 43.6 Å². The van der Waals surface area contributed by atoms with Crippen LogP contribution in [0.3, 0.4) is 0 Å². The van der Waals surface area contributed by atoms with Gasteiger partial charge in [-0.15, -0.1) is 0 Å². The molecular weight excluding hydrogens is 272 g/mol. The highest BCUT2D eigenvalue weighted by Crippen LogP contribution is 2.36. The molecule has 118 valence electrons. The molecule has 1 aliphatic carbocycles. The Labute approximate surface area is 124 Å². The van der Waals surface area contributed by atoms with Gasteiger partial charge in [0.2, 0.25) is 10.0 Å². The Morgan fingerprint density at radius 1 is 1.15 bits per heavy atom. The molecule has 20 heavy (non-hydrogen) atoms. The van der Waals surface area contributed by atoms with E-state index in [9.17, 15) is 8.42 Å². The van der Waals surface area contributed by atoms with Crippen LogP contribution in [0.1, 0.15) is 58.8 Å². The van der Waals surface area contributed by atoms with Crippen molar-refractivity contribution in [1.29, 1.82) is 0 Å². The Hall–Kier alpha value is -0.130. The third-order valence-electron chi connectivity index (χ3n) is 4.68. The van der Waals surface area contributed by atoms with Gasteiger partial charge in [0.15, 0.2) is 0 Å². The van der Waals surface area contributed by atoms with Crippen molar-refractivity contribution in [2.45, 2.75) is 70.9 Å². The summed E-state index contributed by atoms with van der Waals surface area (Å²) in [5.74, 6) is 0.928. The van der Waals surface area contributed by atoms with Gasteiger partial charge < -0.3 is 5.32 Å². The second-order valence-corrected chi connectivity index (χ2v) is 8.68. The molecule has 2 aliphatic rings. The van der Waals surface area contributed by atoms with Gasteiger partial charge in [-0.05, 0) is 44.6 Å². The van der Waals surface area contributed by atoms with Crippen molar-refractivity contribution in [3.63, 3.8) is 0 Å². The smallest absolute Gasteiger partial charge is 0.214 e. The first kappa shape index (κ1) is 16.2. The fourth-order valence-electron chi connectivity index (χ4n) is 3.69. The van der Waals surface area contributed by atoms with Crippen LogP contribution >= 0.6 is 0 Å². The average molecular weight is 302 g/mol. The van der Waals surface area contributed by atoms with Gasteiger partial charge in [0.25, 0.3) is 0 Å². The third kappa shape index (κ3) is 4.18. The molecule has 5 heteroatoms. The molecule has 0 aromatic heterocycles. The van der Waals surface area contributed by atoms with E-state index in [0.29, 0.717) is 30.2 Å². The Morgan fingerprint density at radius 3 is 2.60 bits per heavy atom. The molecule has 1 aliphatic heterocycles. The number of hydrogen-bond acceptors (Lipinski definition) is 3. The summed E-state index contributed by atoms with van der Waals surface area (Å²) in [5.41, 5.74) is 0. The molecule has 0 aromatic rings. The topological polar surface area (TPSA) is 49.4 Å². The lowest BCUT2D eigenvalue weighted by Gasteiger charge is -2.43. The van der Waals surface area contributed by atoms with E-state index in [1.165, 1.54) is 25.7 Å². The van der Waals surface area contributed by atoms with Crippen molar-refractivity contribution in [2.24, 2.45) is 5.92 Å². The van der Waals surface area contributed by atoms with Crippen LogP contribution in [0, 0.1) is 5.92 Å². The lowest BCUT2D eigenvalue weighted by molar-refractivity contribution is 0.129. The summed E-state index contributed by atoms with van der Waals surface area (Å²) < 4.78 is 27.0. The summed E-state index contributed by atoms with van der Waals surface area (Å²) in [5, 5.41) is 3.29. The molecular formula is C15H30N2O2S. The lowest BCUT2D eigenvalue weighted by Crippen LogP contribution is -2.50. The summed E-state index contributed by atoms with van der Waals surface area (Å²) in [6, 6.07) is 0.732. The van der Waals surface area contributed by atoms with Gasteiger partial charge in [0.1, 0.15) is 0 Å². The van der Waals surface area contributed by atoms with Crippen molar-refractivity contribution >= 4 is 10.0 Å². The van der Waals surface area contributed by atoms with Gasteiger partial charge in [-0.25, -0.2) is 8.42 Å². The summed E-state index contributed by atoms with van der Waals surface area (Å²) >= 11 is 0. The average Bonchev–Trinajstić information content (AvgIpc) is 2.43. The number of fused-ring (bicyclic) bond motifs is 1. The first-order chi connectivity index (χ1) is 9.50. The van der Waals surface area contributed by atoms with Crippen molar-refractivity contribution in [3.05, 3.63) is 0 Å². The molecule has 0 amide bonds. The van der Waals surface area contributed by atoms with E-state index in [0.717, 1.165) is 25.9 Å². The van der Waals surface area contributed by atoms with E-state index in [2.05, 4.69) is 19.2 Å². The summed E-state index contributed by atoms with van der Waals surface area (Å²) in [6.07, 6.45) is 7.78. The number of rotatable bonds is 6. The summed E-state index contributed by atoms with van der Waals surface area (Å²) in [4.78, 5) is 0. The first-order valence-electron chi connectivity index (χ1n) is 8.23. The number of hydrogen-bond donors (Lipinski definition) is 1. The van der Waals surface area contributed by atoms with Gasteiger partial charge in [-0.3, -0.25) is 0 Å². The second-order valence-electron chi connectivity index (χ2n) is 6.64. The van der Waals surface area contributed by atoms with E-state index < -0.39 is 10.0 Å². The van der Waals surface area contributed by atoms with E-state index in [1.807, 2.05) is 4.31 Å². The molecule has 0 spiro atoms. The van der Waals surface area contributed by atoms with Crippen LogP contribution in [0.15, 0.2) is 0 Å². The van der Waals surface area contributed by atoms with Crippen LogP contribution in [0.2, 0.25) is 0 Å². The largest absolute Gasteiger partial charge is 0.314 e. The molecule has 1 saturated carbocycles. The Balaban J connectivity index is 1.90. The van der Waals surface area contributed by atoms with Crippen molar-refractivity contribution in [3.8, 4) is 0 Å². The van der Waals surface area contributed by atoms with Crippen molar-refractivity contribution < 1.29 is 8.42 Å². The van der Waals surface area contributed by atoms with Crippen molar-refractivity contribution in [2.75, 3.05) is 18.8 Å². The molecule has 2 atom stereocenters. The van der Waals surface area contributed by atoms with Crippen LogP contribution < -0.4 is 5.32 Å². The zero-order valence-corrected chi connectivity index (χ0v) is 13.8. The molecule has 4 nitrogen and oxygen atoms in total. The molecule has 2 rings (SSSR count). The first-order valence-corrected chi connectivity index (χ1v) is 9.84. The monoisotopic (exact) mass is 302 g/mol. The maximum absolute atomic E-state index is 12.6. The highest BCUT2D eigenvalue weighted by molar-refractivity contribution is 7.89. The maximum atomic E-state index is 12.6. The van der Waals surface area contributed by atoms with Gasteiger partial charge in [-0.2, -0.15) is 4.31 Å². The lowest BCUT2D eigenvalue weighted by atomic mass is 9.79. The minimum atomic E-state index is -3.06. The quantitative estimate of drug-likeness (QED) is 0.766. The maximum Gasteiger partial charge on any atom is 0.214 e. The number of sulfonamides is 1. The molecule has 2 fully saturated rings. The third-order valence-corrected chi connectivity index (χ3v) is 6.65. The highest BCUT2D eigenvalue weighted by Gasteiger charge is 2.38. The fourth-order valence-corrected chi connectivity index (χ4v) is 5.53. The SMILES string of the molecule is CC(C)NCCCS(=O)(=O)N1CCCC2CCCCC21. The highest BCUT2D eigenvalue weighted by atomic mass is 32.2. The van der Waals surface area contributed by atoms with E-state index in [4.69, 9.17) is 0 Å². The van der Waals surface area contributed by atoms with Crippen LogP contribution in [0.4, 0.5) is 0 Å². The second kappa shape index (κ2) is 7.23. The fraction of sp³-hybridized carbons (Fsp3) is 1.00. The Morgan fingerprint density at radius 2 is 1.85 bits per heavy atom. The number of nitrogens with one attached hydrogen (secondary N) is 1. The minimum absolute atomic E-state index is 0.302. The van der Waals surface area contributed by atoms with E-state index >= 15 is 0 Å². The standard InChI is InChI=1S/C15H30N2O2S/c1-13(2)16-10-6-12-20(18,19)17-11-5-8-14-7-3-4-9-15(14)17/h13-16H,3-12H2,1-2H3. The molecule has 0 bridgehead atoms. The predicted molar refractivity (Wildman–Crippen MR) is 83.2 cm³/mol. The van der Waals surface area contributed by atoms with Crippen LogP contribution in [0.5, 0.6) is 0 Å². The molecule has 1 N–H and O–H groups in total. The van der Waals surface area contributed by atoms with Gasteiger partial charge in [-0.1, -0.05) is 26.7 Å². The van der Waals surface area contributed by atoms with Gasteiger partial charge in [0, 0.05) is 18.6 Å². The van der Waals surface area contributed by atoms with Crippen LogP contribution in [-0.2, 0) is 10.0 Å². The van der Waals surface area contributed by atoms with Gasteiger partial charge >= 0.3 is 0 Å². The molecule has 1 saturated heterocycles. The Bertz CT molecular complexity index is 393. The van der Waals surface area contributed by atoms with Crippen LogP contribution in [0.25, 0.3) is 0 Å². The van der Waals surface area contributed by atoms with E-state index in [-0.39, 0.29) is 0 Å².